The van der Waals surface area contributed by atoms with Crippen molar-refractivity contribution in [1.29, 1.82) is 0 Å². The number of halogens is 1. The molecule has 1 heterocycles. The van der Waals surface area contributed by atoms with Crippen LogP contribution in [0.15, 0.2) is 79.1 Å². The molecule has 1 N–H and O–H groups in total. The number of aromatic nitrogens is 2. The van der Waals surface area contributed by atoms with Gasteiger partial charge in [0.1, 0.15) is 5.82 Å². The van der Waals surface area contributed by atoms with Crippen LogP contribution in [0.5, 0.6) is 0 Å². The number of rotatable bonds is 5. The van der Waals surface area contributed by atoms with E-state index in [1.165, 1.54) is 28.5 Å². The standard InChI is InChI=1S/C22H18FN3O/c23-19-10-8-16(9-11-19)12-22(27)25-20-13-24-26(15-20)14-18-6-3-5-17-4-1-2-7-21(17)18/h1-11,13,15H,12,14H2,(H,25,27). The quantitative estimate of drug-likeness (QED) is 0.574. The van der Waals surface area contributed by atoms with Gasteiger partial charge >= 0.3 is 0 Å². The van der Waals surface area contributed by atoms with Crippen LogP contribution < -0.4 is 5.32 Å². The van der Waals surface area contributed by atoms with Crippen LogP contribution in [0, 0.1) is 5.82 Å². The number of hydrogen-bond acceptors (Lipinski definition) is 2. The molecule has 3 aromatic carbocycles. The average molecular weight is 359 g/mol. The van der Waals surface area contributed by atoms with Crippen LogP contribution >= 0.6 is 0 Å². The molecule has 0 saturated heterocycles. The molecule has 1 amide bonds. The fourth-order valence-corrected chi connectivity index (χ4v) is 3.11. The minimum atomic E-state index is -0.311. The summed E-state index contributed by atoms with van der Waals surface area (Å²) in [5, 5.41) is 9.56. The molecule has 4 aromatic rings. The summed E-state index contributed by atoms with van der Waals surface area (Å²) in [4.78, 5) is 12.2. The lowest BCUT2D eigenvalue weighted by Crippen LogP contribution is -2.14. The predicted octanol–water partition coefficient (Wildman–Crippen LogP) is 4.40. The van der Waals surface area contributed by atoms with Gasteiger partial charge in [0.15, 0.2) is 0 Å². The van der Waals surface area contributed by atoms with Crippen molar-refractivity contribution in [1.82, 2.24) is 9.78 Å². The highest BCUT2D eigenvalue weighted by atomic mass is 19.1. The Morgan fingerprint density at radius 3 is 2.63 bits per heavy atom. The van der Waals surface area contributed by atoms with Gasteiger partial charge in [0.2, 0.25) is 5.91 Å². The summed E-state index contributed by atoms with van der Waals surface area (Å²) >= 11 is 0. The minimum absolute atomic E-state index is 0.161. The van der Waals surface area contributed by atoms with E-state index in [9.17, 15) is 9.18 Å². The molecule has 0 bridgehead atoms. The van der Waals surface area contributed by atoms with E-state index in [0.29, 0.717) is 12.2 Å². The van der Waals surface area contributed by atoms with Crippen molar-refractivity contribution in [2.45, 2.75) is 13.0 Å². The first-order valence-electron chi connectivity index (χ1n) is 8.71. The first kappa shape index (κ1) is 17.0. The number of anilines is 1. The highest BCUT2D eigenvalue weighted by molar-refractivity contribution is 5.92. The summed E-state index contributed by atoms with van der Waals surface area (Å²) in [6.45, 7) is 0.620. The second kappa shape index (κ2) is 7.41. The smallest absolute Gasteiger partial charge is 0.228 e. The molecule has 27 heavy (non-hydrogen) atoms. The van der Waals surface area contributed by atoms with Crippen molar-refractivity contribution in [3.8, 4) is 0 Å². The average Bonchev–Trinajstić information content (AvgIpc) is 3.10. The number of carbonyl (C=O) groups is 1. The van der Waals surface area contributed by atoms with Crippen LogP contribution in [0.25, 0.3) is 10.8 Å². The first-order valence-corrected chi connectivity index (χ1v) is 8.71. The van der Waals surface area contributed by atoms with Gasteiger partial charge in [-0.1, -0.05) is 54.6 Å². The van der Waals surface area contributed by atoms with Crippen molar-refractivity contribution in [2.24, 2.45) is 0 Å². The summed E-state index contributed by atoms with van der Waals surface area (Å²) in [6, 6.07) is 20.4. The minimum Gasteiger partial charge on any atom is -0.323 e. The van der Waals surface area contributed by atoms with Crippen molar-refractivity contribution in [3.63, 3.8) is 0 Å². The number of nitrogens with zero attached hydrogens (tertiary/aromatic N) is 2. The molecule has 5 heteroatoms. The zero-order valence-electron chi connectivity index (χ0n) is 14.6. The maximum atomic E-state index is 12.9. The summed E-state index contributed by atoms with van der Waals surface area (Å²) in [5.41, 5.74) is 2.57. The van der Waals surface area contributed by atoms with E-state index in [1.807, 2.05) is 24.4 Å². The van der Waals surface area contributed by atoms with Crippen molar-refractivity contribution >= 4 is 22.4 Å². The van der Waals surface area contributed by atoms with E-state index in [2.05, 4.69) is 34.7 Å². The van der Waals surface area contributed by atoms with E-state index in [4.69, 9.17) is 0 Å². The third-order valence-electron chi connectivity index (χ3n) is 4.41. The highest BCUT2D eigenvalue weighted by Crippen LogP contribution is 2.19. The predicted molar refractivity (Wildman–Crippen MR) is 104 cm³/mol. The Morgan fingerprint density at radius 2 is 1.78 bits per heavy atom. The molecular weight excluding hydrogens is 341 g/mol. The van der Waals surface area contributed by atoms with Gasteiger partial charge in [-0.2, -0.15) is 5.10 Å². The van der Waals surface area contributed by atoms with Gasteiger partial charge in [-0.25, -0.2) is 4.39 Å². The molecule has 0 saturated carbocycles. The molecule has 134 valence electrons. The topological polar surface area (TPSA) is 46.9 Å². The number of carbonyl (C=O) groups excluding carboxylic acids is 1. The maximum absolute atomic E-state index is 12.9. The molecule has 0 unspecified atom stereocenters. The zero-order valence-corrected chi connectivity index (χ0v) is 14.6. The molecule has 0 fully saturated rings. The van der Waals surface area contributed by atoms with Gasteiger partial charge in [-0.15, -0.1) is 0 Å². The molecule has 0 aliphatic carbocycles. The van der Waals surface area contributed by atoms with E-state index in [0.717, 1.165) is 5.56 Å². The molecular formula is C22H18FN3O. The van der Waals surface area contributed by atoms with Crippen LogP contribution in [0.4, 0.5) is 10.1 Å². The van der Waals surface area contributed by atoms with Crippen LogP contribution in [-0.2, 0) is 17.8 Å². The van der Waals surface area contributed by atoms with Gasteiger partial charge in [0, 0.05) is 6.20 Å². The van der Waals surface area contributed by atoms with Gasteiger partial charge in [0.25, 0.3) is 0 Å². The Bertz CT molecular complexity index is 1080. The molecule has 4 rings (SSSR count). The summed E-state index contributed by atoms with van der Waals surface area (Å²) in [5.74, 6) is -0.472. The second-order valence-corrected chi connectivity index (χ2v) is 6.42. The maximum Gasteiger partial charge on any atom is 0.228 e. The summed E-state index contributed by atoms with van der Waals surface area (Å²) < 4.78 is 14.7. The van der Waals surface area contributed by atoms with Crippen molar-refractivity contribution in [2.75, 3.05) is 5.32 Å². The van der Waals surface area contributed by atoms with E-state index in [-0.39, 0.29) is 18.1 Å². The lowest BCUT2D eigenvalue weighted by molar-refractivity contribution is -0.115. The number of fused-ring (bicyclic) bond motifs is 1. The lowest BCUT2D eigenvalue weighted by atomic mass is 10.0. The van der Waals surface area contributed by atoms with Crippen LogP contribution in [0.3, 0.4) is 0 Å². The fourth-order valence-electron chi connectivity index (χ4n) is 3.11. The Kier molecular flexibility index (Phi) is 4.66. The largest absolute Gasteiger partial charge is 0.323 e. The van der Waals surface area contributed by atoms with Gasteiger partial charge < -0.3 is 5.32 Å². The first-order chi connectivity index (χ1) is 13.2. The van der Waals surface area contributed by atoms with E-state index in [1.54, 1.807) is 23.0 Å². The van der Waals surface area contributed by atoms with Gasteiger partial charge in [-0.05, 0) is 34.0 Å². The Labute approximate surface area is 156 Å². The van der Waals surface area contributed by atoms with Gasteiger partial charge in [0.05, 0.1) is 24.8 Å². The molecule has 0 atom stereocenters. The third kappa shape index (κ3) is 4.03. The number of hydrogen-bond donors (Lipinski definition) is 1. The Morgan fingerprint density at radius 1 is 1.00 bits per heavy atom. The fraction of sp³-hybridized carbons (Fsp3) is 0.0909. The number of benzene rings is 3. The molecule has 0 aliphatic rings. The highest BCUT2D eigenvalue weighted by Gasteiger charge is 2.07. The SMILES string of the molecule is O=C(Cc1ccc(F)cc1)Nc1cnn(Cc2cccc3ccccc23)c1. The van der Waals surface area contributed by atoms with Crippen molar-refractivity contribution in [3.05, 3.63) is 96.1 Å². The molecule has 0 radical (unpaired) electrons. The third-order valence-corrected chi connectivity index (χ3v) is 4.41. The number of amides is 1. The monoisotopic (exact) mass is 359 g/mol. The van der Waals surface area contributed by atoms with Crippen molar-refractivity contribution < 1.29 is 9.18 Å². The second-order valence-electron chi connectivity index (χ2n) is 6.42. The number of nitrogens with one attached hydrogen (secondary N) is 1. The van der Waals surface area contributed by atoms with Crippen LogP contribution in [0.2, 0.25) is 0 Å². The lowest BCUT2D eigenvalue weighted by Gasteiger charge is -2.06. The molecule has 0 spiro atoms. The Balaban J connectivity index is 1.44. The van der Waals surface area contributed by atoms with E-state index >= 15 is 0 Å². The molecule has 0 aliphatic heterocycles. The molecule has 4 nitrogen and oxygen atoms in total. The van der Waals surface area contributed by atoms with Crippen LogP contribution in [0.1, 0.15) is 11.1 Å². The van der Waals surface area contributed by atoms with Crippen LogP contribution in [-0.4, -0.2) is 15.7 Å². The van der Waals surface area contributed by atoms with Gasteiger partial charge in [-0.3, -0.25) is 9.48 Å². The summed E-state index contributed by atoms with van der Waals surface area (Å²) in [7, 11) is 0. The Hall–Kier alpha value is -3.47. The zero-order chi connectivity index (χ0) is 18.6. The molecule has 1 aromatic heterocycles. The van der Waals surface area contributed by atoms with E-state index < -0.39 is 0 Å². The normalized spacial score (nSPS) is 10.9. The summed E-state index contributed by atoms with van der Waals surface area (Å²) in [6.07, 6.45) is 3.63.